The summed E-state index contributed by atoms with van der Waals surface area (Å²) in [5.74, 6) is -0.523. The second kappa shape index (κ2) is 8.35. The molecule has 0 radical (unpaired) electrons. The van der Waals surface area contributed by atoms with E-state index < -0.39 is 44.7 Å². The van der Waals surface area contributed by atoms with E-state index in [1.54, 1.807) is 0 Å². The summed E-state index contributed by atoms with van der Waals surface area (Å²) in [6.45, 7) is 0. The van der Waals surface area contributed by atoms with E-state index in [2.05, 4.69) is 0 Å². The molecular weight excluding hydrogens is 406 g/mol. The second-order valence-electron chi connectivity index (χ2n) is 6.87. The van der Waals surface area contributed by atoms with Gasteiger partial charge in [0.05, 0.1) is 4.92 Å². The molecule has 1 aliphatic heterocycles. The number of rotatable bonds is 6. The van der Waals surface area contributed by atoms with Crippen LogP contribution in [0.4, 0.5) is 5.69 Å². The minimum atomic E-state index is -4.02. The SMILES string of the molecule is O=[N+]([O-])c1ccccc1S(=O)(=O)CC1O[C@H](c2ccccc2)[C@@H](c2ccccc2)O1. The summed E-state index contributed by atoms with van der Waals surface area (Å²) in [5, 5.41) is 11.3. The predicted molar refractivity (Wildman–Crippen MR) is 109 cm³/mol. The van der Waals surface area contributed by atoms with Crippen LogP contribution in [-0.4, -0.2) is 25.4 Å². The molecule has 1 heterocycles. The van der Waals surface area contributed by atoms with E-state index in [-0.39, 0.29) is 4.90 Å². The van der Waals surface area contributed by atoms with Crippen molar-refractivity contribution >= 4 is 15.5 Å². The Kier molecular flexibility index (Phi) is 5.63. The molecule has 0 unspecified atom stereocenters. The Morgan fingerprint density at radius 2 is 1.23 bits per heavy atom. The quantitative estimate of drug-likeness (QED) is 0.433. The van der Waals surface area contributed by atoms with Crippen LogP contribution in [0.25, 0.3) is 0 Å². The van der Waals surface area contributed by atoms with Crippen molar-refractivity contribution in [3.8, 4) is 0 Å². The van der Waals surface area contributed by atoms with Gasteiger partial charge in [0.1, 0.15) is 22.9 Å². The van der Waals surface area contributed by atoms with Gasteiger partial charge in [0.2, 0.25) is 0 Å². The van der Waals surface area contributed by atoms with Gasteiger partial charge in [0.25, 0.3) is 5.69 Å². The summed E-state index contributed by atoms with van der Waals surface area (Å²) in [4.78, 5) is 10.2. The molecule has 3 aromatic carbocycles. The first-order valence-corrected chi connectivity index (χ1v) is 11.0. The van der Waals surface area contributed by atoms with Crippen LogP contribution in [0.3, 0.4) is 0 Å². The molecule has 3 aromatic rings. The molecule has 1 aliphatic rings. The number of nitrogens with zero attached hydrogens (tertiary/aromatic N) is 1. The van der Waals surface area contributed by atoms with Crippen LogP contribution in [0.5, 0.6) is 0 Å². The highest BCUT2D eigenvalue weighted by Gasteiger charge is 2.41. The van der Waals surface area contributed by atoms with Crippen molar-refractivity contribution < 1.29 is 22.8 Å². The van der Waals surface area contributed by atoms with E-state index in [9.17, 15) is 18.5 Å². The third-order valence-corrected chi connectivity index (χ3v) is 6.61. The fraction of sp³-hybridized carbons (Fsp3) is 0.182. The molecule has 0 amide bonds. The van der Waals surface area contributed by atoms with E-state index >= 15 is 0 Å². The Labute approximate surface area is 174 Å². The molecule has 2 atom stereocenters. The van der Waals surface area contributed by atoms with Gasteiger partial charge >= 0.3 is 0 Å². The van der Waals surface area contributed by atoms with Gasteiger partial charge in [0.15, 0.2) is 16.1 Å². The number of para-hydroxylation sites is 1. The van der Waals surface area contributed by atoms with Crippen LogP contribution in [0.1, 0.15) is 23.3 Å². The highest BCUT2D eigenvalue weighted by molar-refractivity contribution is 7.91. The number of sulfone groups is 1. The largest absolute Gasteiger partial charge is 0.341 e. The van der Waals surface area contributed by atoms with Crippen molar-refractivity contribution in [2.45, 2.75) is 23.4 Å². The van der Waals surface area contributed by atoms with E-state index in [0.717, 1.165) is 11.1 Å². The van der Waals surface area contributed by atoms with Crippen molar-refractivity contribution in [2.75, 3.05) is 5.75 Å². The highest BCUT2D eigenvalue weighted by atomic mass is 32.2. The number of hydrogen-bond acceptors (Lipinski definition) is 6. The van der Waals surface area contributed by atoms with Crippen molar-refractivity contribution in [2.24, 2.45) is 0 Å². The number of nitro benzene ring substituents is 1. The summed E-state index contributed by atoms with van der Waals surface area (Å²) in [5.41, 5.74) is 1.25. The van der Waals surface area contributed by atoms with Gasteiger partial charge in [-0.1, -0.05) is 72.8 Å². The van der Waals surface area contributed by atoms with Crippen LogP contribution in [0, 0.1) is 10.1 Å². The Balaban J connectivity index is 1.64. The van der Waals surface area contributed by atoms with Gasteiger partial charge in [-0.3, -0.25) is 10.1 Å². The summed E-state index contributed by atoms with van der Waals surface area (Å²) < 4.78 is 37.9. The third-order valence-electron chi connectivity index (χ3n) is 4.88. The lowest BCUT2D eigenvalue weighted by molar-refractivity contribution is -0.387. The lowest BCUT2D eigenvalue weighted by atomic mass is 9.99. The zero-order chi connectivity index (χ0) is 21.1. The van der Waals surface area contributed by atoms with Gasteiger partial charge in [-0.2, -0.15) is 0 Å². The van der Waals surface area contributed by atoms with Gasteiger partial charge in [-0.05, 0) is 17.2 Å². The van der Waals surface area contributed by atoms with Gasteiger partial charge in [-0.15, -0.1) is 0 Å². The summed E-state index contributed by atoms with van der Waals surface area (Å²) >= 11 is 0. The Morgan fingerprint density at radius 1 is 0.767 bits per heavy atom. The molecule has 0 N–H and O–H groups in total. The van der Waals surface area contributed by atoms with Crippen LogP contribution < -0.4 is 0 Å². The van der Waals surface area contributed by atoms with Crippen molar-refractivity contribution in [1.82, 2.24) is 0 Å². The first kappa shape index (κ1) is 20.2. The average molecular weight is 425 g/mol. The molecule has 0 spiro atoms. The molecule has 0 saturated carbocycles. The number of ether oxygens (including phenoxy) is 2. The van der Waals surface area contributed by atoms with Gasteiger partial charge in [-0.25, -0.2) is 8.42 Å². The highest BCUT2D eigenvalue weighted by Crippen LogP contribution is 2.43. The lowest BCUT2D eigenvalue weighted by Crippen LogP contribution is -2.22. The zero-order valence-corrected chi connectivity index (χ0v) is 16.6. The average Bonchev–Trinajstić information content (AvgIpc) is 3.18. The molecule has 0 aromatic heterocycles. The molecular formula is C22H19NO6S. The van der Waals surface area contributed by atoms with Crippen LogP contribution in [0.15, 0.2) is 89.8 Å². The molecule has 0 aliphatic carbocycles. The van der Waals surface area contributed by atoms with E-state index in [4.69, 9.17) is 9.47 Å². The predicted octanol–water partition coefficient (Wildman–Crippen LogP) is 4.22. The first-order chi connectivity index (χ1) is 14.5. The minimum absolute atomic E-state index is 0.346. The van der Waals surface area contributed by atoms with Crippen LogP contribution in [-0.2, 0) is 19.3 Å². The maximum absolute atomic E-state index is 12.9. The summed E-state index contributed by atoms with van der Waals surface area (Å²) in [6, 6.07) is 24.1. The fourth-order valence-electron chi connectivity index (χ4n) is 3.51. The maximum atomic E-state index is 12.9. The normalized spacial score (nSPS) is 19.6. The van der Waals surface area contributed by atoms with Crippen molar-refractivity contribution in [3.63, 3.8) is 0 Å². The molecule has 0 bridgehead atoms. The monoisotopic (exact) mass is 425 g/mol. The maximum Gasteiger partial charge on any atom is 0.287 e. The van der Waals surface area contributed by atoms with Gasteiger partial charge in [0, 0.05) is 6.07 Å². The van der Waals surface area contributed by atoms with E-state index in [1.165, 1.54) is 24.3 Å². The molecule has 154 valence electrons. The van der Waals surface area contributed by atoms with Crippen LogP contribution >= 0.6 is 0 Å². The summed E-state index contributed by atoms with van der Waals surface area (Å²) in [7, 11) is -4.02. The third kappa shape index (κ3) is 4.11. The first-order valence-electron chi connectivity index (χ1n) is 9.33. The number of benzene rings is 3. The van der Waals surface area contributed by atoms with E-state index in [0.29, 0.717) is 0 Å². The molecule has 8 heteroatoms. The standard InChI is InChI=1S/C22H19NO6S/c24-23(25)18-13-7-8-14-19(18)30(26,27)15-20-28-21(16-9-3-1-4-10-16)22(29-20)17-11-5-2-6-12-17/h1-14,20-22H,15H2/t21-,22-/m1/s1. The van der Waals surface area contributed by atoms with Crippen molar-refractivity contribution in [1.29, 1.82) is 0 Å². The zero-order valence-electron chi connectivity index (χ0n) is 15.8. The Bertz CT molecular complexity index is 1090. The minimum Gasteiger partial charge on any atom is -0.341 e. The molecule has 30 heavy (non-hydrogen) atoms. The number of hydrogen-bond donors (Lipinski definition) is 0. The molecule has 4 rings (SSSR count). The van der Waals surface area contributed by atoms with Crippen LogP contribution in [0.2, 0.25) is 0 Å². The molecule has 1 saturated heterocycles. The fourth-order valence-corrected chi connectivity index (χ4v) is 4.95. The molecule has 1 fully saturated rings. The summed E-state index contributed by atoms with van der Waals surface area (Å²) in [6.07, 6.45) is -2.07. The number of nitro groups is 1. The smallest absolute Gasteiger partial charge is 0.287 e. The molecule has 7 nitrogen and oxygen atoms in total. The van der Waals surface area contributed by atoms with Crippen molar-refractivity contribution in [3.05, 3.63) is 106 Å². The Morgan fingerprint density at radius 3 is 1.73 bits per heavy atom. The van der Waals surface area contributed by atoms with E-state index in [1.807, 2.05) is 60.7 Å². The Hall–Kier alpha value is -3.07. The topological polar surface area (TPSA) is 95.7 Å². The van der Waals surface area contributed by atoms with Gasteiger partial charge < -0.3 is 9.47 Å². The lowest BCUT2D eigenvalue weighted by Gasteiger charge is -2.17. The second-order valence-corrected chi connectivity index (χ2v) is 8.87.